The average molecular weight is 340 g/mol. The Bertz CT molecular complexity index is 790. The average Bonchev–Trinajstić information content (AvgIpc) is 2.91. The number of nitrogens with zero attached hydrogens (tertiary/aromatic N) is 2. The zero-order valence-corrected chi connectivity index (χ0v) is 14.8. The molecular weight excluding hydrogens is 316 g/mol. The summed E-state index contributed by atoms with van der Waals surface area (Å²) in [6.45, 7) is 6.13. The third kappa shape index (κ3) is 3.66. The SMILES string of the molecule is Cc1ccn(C(C)c2ccccc2)c(=O)c1C(=O)N1CCCOCC1. The van der Waals surface area contributed by atoms with Gasteiger partial charge in [0.1, 0.15) is 5.56 Å². The minimum atomic E-state index is -0.230. The monoisotopic (exact) mass is 340 g/mol. The molecule has 5 heteroatoms. The van der Waals surface area contributed by atoms with Crippen LogP contribution in [-0.4, -0.2) is 41.7 Å². The van der Waals surface area contributed by atoms with Crippen LogP contribution in [0.2, 0.25) is 0 Å². The molecule has 25 heavy (non-hydrogen) atoms. The molecule has 0 radical (unpaired) electrons. The molecule has 1 aliphatic rings. The van der Waals surface area contributed by atoms with Gasteiger partial charge in [-0.1, -0.05) is 30.3 Å². The van der Waals surface area contributed by atoms with Crippen molar-refractivity contribution in [2.24, 2.45) is 0 Å². The number of aromatic nitrogens is 1. The Labute approximate surface area is 147 Å². The van der Waals surface area contributed by atoms with Gasteiger partial charge in [-0.2, -0.15) is 0 Å². The van der Waals surface area contributed by atoms with Gasteiger partial charge in [0.15, 0.2) is 0 Å². The summed E-state index contributed by atoms with van der Waals surface area (Å²) in [5.74, 6) is -0.192. The maximum atomic E-state index is 13.1. The van der Waals surface area contributed by atoms with Gasteiger partial charge in [0.05, 0.1) is 12.6 Å². The first kappa shape index (κ1) is 17.4. The predicted molar refractivity (Wildman–Crippen MR) is 97.0 cm³/mol. The van der Waals surface area contributed by atoms with Crippen molar-refractivity contribution in [1.82, 2.24) is 9.47 Å². The smallest absolute Gasteiger partial charge is 0.264 e. The van der Waals surface area contributed by atoms with Crippen LogP contribution in [0.3, 0.4) is 0 Å². The number of amides is 1. The van der Waals surface area contributed by atoms with Crippen LogP contribution in [-0.2, 0) is 4.74 Å². The highest BCUT2D eigenvalue weighted by atomic mass is 16.5. The zero-order valence-electron chi connectivity index (χ0n) is 14.8. The lowest BCUT2D eigenvalue weighted by Crippen LogP contribution is -2.39. The van der Waals surface area contributed by atoms with Crippen molar-refractivity contribution in [2.75, 3.05) is 26.3 Å². The molecule has 0 spiro atoms. The van der Waals surface area contributed by atoms with Crippen LogP contribution in [0, 0.1) is 6.92 Å². The third-order valence-electron chi connectivity index (χ3n) is 4.75. The van der Waals surface area contributed by atoms with E-state index in [1.807, 2.05) is 50.2 Å². The Balaban J connectivity index is 1.97. The van der Waals surface area contributed by atoms with Crippen LogP contribution in [0.5, 0.6) is 0 Å². The van der Waals surface area contributed by atoms with Crippen molar-refractivity contribution in [3.05, 3.63) is 69.6 Å². The summed E-state index contributed by atoms with van der Waals surface area (Å²) in [6.07, 6.45) is 2.57. The van der Waals surface area contributed by atoms with Crippen LogP contribution in [0.25, 0.3) is 0 Å². The first-order valence-electron chi connectivity index (χ1n) is 8.73. The van der Waals surface area contributed by atoms with E-state index in [0.717, 1.165) is 17.5 Å². The molecule has 1 aromatic carbocycles. The van der Waals surface area contributed by atoms with Crippen molar-refractivity contribution in [3.63, 3.8) is 0 Å². The number of hydrogen-bond donors (Lipinski definition) is 0. The van der Waals surface area contributed by atoms with Crippen molar-refractivity contribution in [3.8, 4) is 0 Å². The Kier molecular flexibility index (Phi) is 5.34. The number of benzene rings is 1. The topological polar surface area (TPSA) is 51.5 Å². The first-order chi connectivity index (χ1) is 12.1. The molecular formula is C20H24N2O3. The summed E-state index contributed by atoms with van der Waals surface area (Å²) in [4.78, 5) is 27.8. The Hall–Kier alpha value is -2.40. The fraction of sp³-hybridized carbons (Fsp3) is 0.400. The minimum Gasteiger partial charge on any atom is -0.380 e. The van der Waals surface area contributed by atoms with Crippen LogP contribution in [0.15, 0.2) is 47.4 Å². The number of hydrogen-bond acceptors (Lipinski definition) is 3. The molecule has 1 fully saturated rings. The number of aryl methyl sites for hydroxylation is 1. The maximum Gasteiger partial charge on any atom is 0.264 e. The molecule has 1 amide bonds. The van der Waals surface area contributed by atoms with Gasteiger partial charge in [-0.3, -0.25) is 9.59 Å². The lowest BCUT2D eigenvalue weighted by Gasteiger charge is -2.22. The van der Waals surface area contributed by atoms with Gasteiger partial charge in [-0.25, -0.2) is 0 Å². The fourth-order valence-corrected chi connectivity index (χ4v) is 3.21. The molecule has 1 aliphatic heterocycles. The summed E-state index contributed by atoms with van der Waals surface area (Å²) >= 11 is 0. The molecule has 132 valence electrons. The van der Waals surface area contributed by atoms with Crippen molar-refractivity contribution in [2.45, 2.75) is 26.3 Å². The van der Waals surface area contributed by atoms with Gasteiger partial charge < -0.3 is 14.2 Å². The van der Waals surface area contributed by atoms with Gasteiger partial charge in [0.2, 0.25) is 0 Å². The van der Waals surface area contributed by atoms with Crippen molar-refractivity contribution in [1.29, 1.82) is 0 Å². The summed E-state index contributed by atoms with van der Waals surface area (Å²) in [5, 5.41) is 0. The largest absolute Gasteiger partial charge is 0.380 e. The molecule has 3 rings (SSSR count). The Morgan fingerprint density at radius 2 is 1.88 bits per heavy atom. The van der Waals surface area contributed by atoms with Crippen LogP contribution >= 0.6 is 0 Å². The predicted octanol–water partition coefficient (Wildman–Crippen LogP) is 2.63. The van der Waals surface area contributed by atoms with Crippen molar-refractivity contribution < 1.29 is 9.53 Å². The quantitative estimate of drug-likeness (QED) is 0.863. The van der Waals surface area contributed by atoms with E-state index in [9.17, 15) is 9.59 Å². The number of carbonyl (C=O) groups excluding carboxylic acids is 1. The number of rotatable bonds is 3. The molecule has 2 heterocycles. The van der Waals surface area contributed by atoms with Gasteiger partial charge >= 0.3 is 0 Å². The van der Waals surface area contributed by atoms with Gasteiger partial charge in [-0.05, 0) is 37.5 Å². The highest BCUT2D eigenvalue weighted by Gasteiger charge is 2.24. The van der Waals surface area contributed by atoms with E-state index >= 15 is 0 Å². The number of pyridine rings is 1. The summed E-state index contributed by atoms with van der Waals surface area (Å²) in [7, 11) is 0. The van der Waals surface area contributed by atoms with Gasteiger partial charge in [0, 0.05) is 25.9 Å². The Morgan fingerprint density at radius 3 is 2.64 bits per heavy atom. The van der Waals surface area contributed by atoms with Crippen LogP contribution < -0.4 is 5.56 Å². The molecule has 1 saturated heterocycles. The summed E-state index contributed by atoms with van der Waals surface area (Å²) in [5.41, 5.74) is 1.80. The molecule has 0 aliphatic carbocycles. The fourth-order valence-electron chi connectivity index (χ4n) is 3.21. The second-order valence-corrected chi connectivity index (χ2v) is 6.43. The minimum absolute atomic E-state index is 0.131. The number of ether oxygens (including phenoxy) is 1. The Morgan fingerprint density at radius 1 is 1.12 bits per heavy atom. The zero-order chi connectivity index (χ0) is 17.8. The van der Waals surface area contributed by atoms with E-state index in [-0.39, 0.29) is 23.1 Å². The molecule has 5 nitrogen and oxygen atoms in total. The molecule has 2 aromatic rings. The standard InChI is InChI=1S/C20H24N2O3/c1-15-9-11-22(16(2)17-7-4-3-5-8-17)20(24)18(15)19(23)21-10-6-13-25-14-12-21/h3-5,7-9,11,16H,6,10,12-14H2,1-2H3. The third-order valence-corrected chi connectivity index (χ3v) is 4.75. The molecule has 1 aromatic heterocycles. The first-order valence-corrected chi connectivity index (χ1v) is 8.73. The molecule has 0 bridgehead atoms. The number of carbonyl (C=O) groups is 1. The molecule has 1 unspecified atom stereocenters. The van der Waals surface area contributed by atoms with Crippen LogP contribution in [0.1, 0.15) is 40.9 Å². The summed E-state index contributed by atoms with van der Waals surface area (Å²) in [6, 6.07) is 11.6. The van der Waals surface area contributed by atoms with E-state index in [0.29, 0.717) is 26.3 Å². The van der Waals surface area contributed by atoms with Gasteiger partial charge in [-0.15, -0.1) is 0 Å². The van der Waals surface area contributed by atoms with Crippen molar-refractivity contribution >= 4 is 5.91 Å². The normalized spacial score (nSPS) is 16.3. The highest BCUT2D eigenvalue weighted by Crippen LogP contribution is 2.17. The maximum absolute atomic E-state index is 13.1. The van der Waals surface area contributed by atoms with E-state index < -0.39 is 0 Å². The van der Waals surface area contributed by atoms with E-state index in [1.54, 1.807) is 15.7 Å². The highest BCUT2D eigenvalue weighted by molar-refractivity contribution is 5.95. The lowest BCUT2D eigenvalue weighted by molar-refractivity contribution is 0.0738. The molecule has 0 N–H and O–H groups in total. The van der Waals surface area contributed by atoms with Gasteiger partial charge in [0.25, 0.3) is 11.5 Å². The second kappa shape index (κ2) is 7.66. The lowest BCUT2D eigenvalue weighted by atomic mass is 10.1. The molecule has 0 saturated carbocycles. The summed E-state index contributed by atoms with van der Waals surface area (Å²) < 4.78 is 7.06. The van der Waals surface area contributed by atoms with E-state index in [4.69, 9.17) is 4.74 Å². The second-order valence-electron chi connectivity index (χ2n) is 6.43. The molecule has 1 atom stereocenters. The van der Waals surface area contributed by atoms with E-state index in [1.165, 1.54) is 0 Å². The van der Waals surface area contributed by atoms with E-state index in [2.05, 4.69) is 0 Å². The van der Waals surface area contributed by atoms with Crippen LogP contribution in [0.4, 0.5) is 0 Å².